The maximum absolute atomic E-state index is 12.7. The highest BCUT2D eigenvalue weighted by Gasteiger charge is 2.14. The molecule has 1 amide bonds. The number of rotatable bonds is 4. The van der Waals surface area contributed by atoms with Crippen molar-refractivity contribution in [2.75, 3.05) is 36.5 Å². The van der Waals surface area contributed by atoms with E-state index < -0.39 is 0 Å². The molecule has 5 rings (SSSR count). The van der Waals surface area contributed by atoms with E-state index in [4.69, 9.17) is 4.74 Å². The van der Waals surface area contributed by atoms with Crippen LogP contribution in [0.2, 0.25) is 0 Å². The summed E-state index contributed by atoms with van der Waals surface area (Å²) < 4.78 is 6.67. The molecule has 0 aliphatic carbocycles. The van der Waals surface area contributed by atoms with Gasteiger partial charge in [0, 0.05) is 50.4 Å². The van der Waals surface area contributed by atoms with Gasteiger partial charge in [-0.1, -0.05) is 18.2 Å². The molecule has 1 aliphatic rings. The summed E-state index contributed by atoms with van der Waals surface area (Å²) in [5.41, 5.74) is 3.17. The molecule has 6 heteroatoms. The molecule has 0 atom stereocenters. The zero-order valence-corrected chi connectivity index (χ0v) is 17.4. The fraction of sp³-hybridized carbons (Fsp3) is 0.174. The predicted octanol–water partition coefficient (Wildman–Crippen LogP) is 5.72. The average molecular weight is 421 g/mol. The highest BCUT2D eigenvalue weighted by molar-refractivity contribution is 7.20. The Bertz CT molecular complexity index is 1140. The Morgan fingerprint density at radius 2 is 1.76 bits per heavy atom. The van der Waals surface area contributed by atoms with E-state index in [-0.39, 0.29) is 5.91 Å². The number of nitrogens with one attached hydrogen (secondary N) is 1. The second-order valence-electron chi connectivity index (χ2n) is 6.91. The van der Waals surface area contributed by atoms with Crippen LogP contribution < -0.4 is 10.2 Å². The molecule has 0 radical (unpaired) electrons. The van der Waals surface area contributed by atoms with Gasteiger partial charge in [0.25, 0.3) is 5.91 Å². The molecule has 0 spiro atoms. The van der Waals surface area contributed by atoms with Crippen LogP contribution >= 0.6 is 22.7 Å². The predicted molar refractivity (Wildman–Crippen MR) is 123 cm³/mol. The van der Waals surface area contributed by atoms with Crippen LogP contribution in [0, 0.1) is 0 Å². The Balaban J connectivity index is 1.30. The lowest BCUT2D eigenvalue weighted by molar-refractivity contribution is 0.103. The minimum atomic E-state index is -0.0695. The quantitative estimate of drug-likeness (QED) is 0.459. The fourth-order valence-corrected chi connectivity index (χ4v) is 5.51. The van der Waals surface area contributed by atoms with Gasteiger partial charge in [0.15, 0.2) is 0 Å². The van der Waals surface area contributed by atoms with E-state index in [0.717, 1.165) is 42.6 Å². The van der Waals surface area contributed by atoms with Gasteiger partial charge in [0.2, 0.25) is 0 Å². The lowest BCUT2D eigenvalue weighted by Gasteiger charge is -2.28. The van der Waals surface area contributed by atoms with Gasteiger partial charge in [-0.05, 0) is 42.5 Å². The van der Waals surface area contributed by atoms with Gasteiger partial charge in [0.05, 0.1) is 18.1 Å². The van der Waals surface area contributed by atoms with Crippen LogP contribution in [0.25, 0.3) is 20.5 Å². The number of carbonyl (C=O) groups excluding carboxylic acids is 1. The number of thiophene rings is 2. The number of amides is 1. The number of nitrogens with zero attached hydrogens (tertiary/aromatic N) is 1. The van der Waals surface area contributed by atoms with E-state index in [2.05, 4.69) is 52.0 Å². The number of hydrogen-bond acceptors (Lipinski definition) is 5. The van der Waals surface area contributed by atoms with Gasteiger partial charge in [-0.25, -0.2) is 0 Å². The summed E-state index contributed by atoms with van der Waals surface area (Å²) in [7, 11) is 0. The summed E-state index contributed by atoms with van der Waals surface area (Å²) in [6.07, 6.45) is 0. The van der Waals surface area contributed by atoms with Crippen molar-refractivity contribution >= 4 is 50.0 Å². The van der Waals surface area contributed by atoms with Crippen molar-refractivity contribution in [1.82, 2.24) is 0 Å². The summed E-state index contributed by atoms with van der Waals surface area (Å²) in [4.78, 5) is 16.9. The highest BCUT2D eigenvalue weighted by atomic mass is 32.1. The standard InChI is InChI=1S/C23H20N2O2S2/c26-23(24-16-5-7-17(8-6-16)25-11-13-27-14-12-25)22-10-9-21(29-22)19-15-28-20-4-2-1-3-18(19)20/h1-10,15H,11-14H2,(H,24,26). The van der Waals surface area contributed by atoms with Gasteiger partial charge < -0.3 is 15.0 Å². The van der Waals surface area contributed by atoms with E-state index in [1.165, 1.54) is 27.0 Å². The summed E-state index contributed by atoms with van der Waals surface area (Å²) in [6, 6.07) is 20.4. The number of ether oxygens (including phenoxy) is 1. The summed E-state index contributed by atoms with van der Waals surface area (Å²) in [5, 5.41) is 6.42. The van der Waals surface area contributed by atoms with Crippen molar-refractivity contribution in [3.8, 4) is 10.4 Å². The Kier molecular flexibility index (Phi) is 5.06. The summed E-state index contributed by atoms with van der Waals surface area (Å²) in [5.74, 6) is -0.0695. The molecule has 1 saturated heterocycles. The maximum atomic E-state index is 12.7. The molecule has 2 aromatic carbocycles. The molecule has 0 saturated carbocycles. The third kappa shape index (κ3) is 3.79. The van der Waals surface area contributed by atoms with Gasteiger partial charge in [0.1, 0.15) is 0 Å². The van der Waals surface area contributed by atoms with Crippen molar-refractivity contribution in [2.45, 2.75) is 0 Å². The molecule has 1 aliphatic heterocycles. The van der Waals surface area contributed by atoms with Gasteiger partial charge in [-0.15, -0.1) is 22.7 Å². The molecule has 4 aromatic rings. The fourth-order valence-electron chi connectivity index (χ4n) is 3.54. The van der Waals surface area contributed by atoms with Crippen LogP contribution in [0.5, 0.6) is 0 Å². The SMILES string of the molecule is O=C(Nc1ccc(N2CCOCC2)cc1)c1ccc(-c2csc3ccccc23)s1. The van der Waals surface area contributed by atoms with Gasteiger partial charge in [-0.3, -0.25) is 4.79 Å². The third-order valence-electron chi connectivity index (χ3n) is 5.08. The minimum absolute atomic E-state index is 0.0695. The molecule has 4 nitrogen and oxygen atoms in total. The molecule has 3 heterocycles. The van der Waals surface area contributed by atoms with Crippen LogP contribution in [-0.2, 0) is 4.74 Å². The molecule has 146 valence electrons. The topological polar surface area (TPSA) is 41.6 Å². The molecule has 1 fully saturated rings. The summed E-state index contributed by atoms with van der Waals surface area (Å²) >= 11 is 3.27. The first kappa shape index (κ1) is 18.4. The number of carbonyl (C=O) groups is 1. The maximum Gasteiger partial charge on any atom is 0.265 e. The van der Waals surface area contributed by atoms with E-state index in [1.54, 1.807) is 11.3 Å². The van der Waals surface area contributed by atoms with Gasteiger partial charge >= 0.3 is 0 Å². The largest absolute Gasteiger partial charge is 0.378 e. The van der Waals surface area contributed by atoms with Crippen molar-refractivity contribution in [2.24, 2.45) is 0 Å². The lowest BCUT2D eigenvalue weighted by atomic mass is 10.1. The minimum Gasteiger partial charge on any atom is -0.378 e. The molecular weight excluding hydrogens is 400 g/mol. The number of anilines is 2. The zero-order chi connectivity index (χ0) is 19.6. The van der Waals surface area contributed by atoms with E-state index in [9.17, 15) is 4.79 Å². The van der Waals surface area contributed by atoms with Crippen molar-refractivity contribution < 1.29 is 9.53 Å². The van der Waals surface area contributed by atoms with Crippen molar-refractivity contribution in [3.05, 3.63) is 70.9 Å². The van der Waals surface area contributed by atoms with Crippen LogP contribution in [0.3, 0.4) is 0 Å². The Morgan fingerprint density at radius 3 is 2.59 bits per heavy atom. The lowest BCUT2D eigenvalue weighted by Crippen LogP contribution is -2.36. The second-order valence-corrected chi connectivity index (χ2v) is 8.90. The van der Waals surface area contributed by atoms with Crippen molar-refractivity contribution in [1.29, 1.82) is 0 Å². The molecule has 2 aromatic heterocycles. The van der Waals surface area contributed by atoms with Crippen molar-refractivity contribution in [3.63, 3.8) is 0 Å². The molecule has 0 bridgehead atoms. The van der Waals surface area contributed by atoms with Gasteiger partial charge in [-0.2, -0.15) is 0 Å². The van der Waals surface area contributed by atoms with Crippen LogP contribution in [0.15, 0.2) is 66.0 Å². The average Bonchev–Trinajstić information content (AvgIpc) is 3.42. The Hall–Kier alpha value is -2.67. The number of morpholine rings is 1. The zero-order valence-electron chi connectivity index (χ0n) is 15.8. The Morgan fingerprint density at radius 1 is 0.966 bits per heavy atom. The van der Waals surface area contributed by atoms with E-state index >= 15 is 0 Å². The molecule has 1 N–H and O–H groups in total. The smallest absolute Gasteiger partial charge is 0.265 e. The second kappa shape index (κ2) is 7.99. The molecule has 0 unspecified atom stereocenters. The molecular formula is C23H20N2O2S2. The summed E-state index contributed by atoms with van der Waals surface area (Å²) in [6.45, 7) is 3.33. The number of fused-ring (bicyclic) bond motifs is 1. The van der Waals surface area contributed by atoms with E-state index in [1.807, 2.05) is 24.3 Å². The van der Waals surface area contributed by atoms with Crippen LogP contribution in [0.1, 0.15) is 9.67 Å². The highest BCUT2D eigenvalue weighted by Crippen LogP contribution is 2.37. The number of benzene rings is 2. The van der Waals surface area contributed by atoms with E-state index in [0.29, 0.717) is 4.88 Å². The normalized spacial score (nSPS) is 14.3. The van der Waals surface area contributed by atoms with Crippen LogP contribution in [0.4, 0.5) is 11.4 Å². The first-order valence-corrected chi connectivity index (χ1v) is 11.3. The Labute approximate surface area is 177 Å². The monoisotopic (exact) mass is 420 g/mol. The first-order chi connectivity index (χ1) is 14.3. The molecule has 29 heavy (non-hydrogen) atoms. The first-order valence-electron chi connectivity index (χ1n) is 9.58. The third-order valence-corrected chi connectivity index (χ3v) is 7.16. The van der Waals surface area contributed by atoms with Crippen LogP contribution in [-0.4, -0.2) is 32.2 Å². The number of hydrogen-bond donors (Lipinski definition) is 1.